The Morgan fingerprint density at radius 2 is 2.09 bits per heavy atom. The van der Waals surface area contributed by atoms with Crippen molar-refractivity contribution in [2.45, 2.75) is 46.8 Å². The lowest BCUT2D eigenvalue weighted by atomic mass is 10.2. The number of hydrogen-bond acceptors (Lipinski definition) is 6. The third-order valence-corrected chi connectivity index (χ3v) is 2.72. The Balaban J connectivity index is 3.06. The maximum atomic E-state index is 12.1. The van der Waals surface area contributed by atoms with Gasteiger partial charge in [0.15, 0.2) is 5.82 Å². The standard InChI is InChI=1S/C15H25ClN4O3/c1-10(2)8-20(19-14(21)23-15(3,4)5)12-11(9-22-6)7-17-13(16)18-12/h7,10H,8-9H2,1-6H3,(H,19,21). The van der Waals surface area contributed by atoms with Crippen LogP contribution in [0.25, 0.3) is 0 Å². The van der Waals surface area contributed by atoms with E-state index < -0.39 is 11.7 Å². The molecule has 8 heteroatoms. The van der Waals surface area contributed by atoms with E-state index in [0.29, 0.717) is 24.5 Å². The summed E-state index contributed by atoms with van der Waals surface area (Å²) in [6.45, 7) is 10.3. The van der Waals surface area contributed by atoms with Crippen molar-refractivity contribution in [3.05, 3.63) is 17.0 Å². The molecule has 7 nitrogen and oxygen atoms in total. The van der Waals surface area contributed by atoms with Crippen LogP contribution < -0.4 is 10.4 Å². The minimum Gasteiger partial charge on any atom is -0.443 e. The molecule has 0 spiro atoms. The Morgan fingerprint density at radius 1 is 1.43 bits per heavy atom. The van der Waals surface area contributed by atoms with E-state index in [1.54, 1.807) is 39.1 Å². The lowest BCUT2D eigenvalue weighted by Gasteiger charge is -2.29. The van der Waals surface area contributed by atoms with Gasteiger partial charge < -0.3 is 9.47 Å². The average Bonchev–Trinajstić information content (AvgIpc) is 2.37. The molecule has 0 aromatic carbocycles. The first-order valence-electron chi connectivity index (χ1n) is 7.40. The second-order valence-electron chi connectivity index (χ2n) is 6.54. The van der Waals surface area contributed by atoms with Crippen LogP contribution in [0.2, 0.25) is 5.28 Å². The summed E-state index contributed by atoms with van der Waals surface area (Å²) in [5.74, 6) is 0.764. The summed E-state index contributed by atoms with van der Waals surface area (Å²) in [5, 5.41) is 1.71. The molecule has 1 heterocycles. The number of halogens is 1. The first kappa shape index (κ1) is 19.4. The molecule has 1 aromatic heterocycles. The van der Waals surface area contributed by atoms with Crippen molar-refractivity contribution < 1.29 is 14.3 Å². The van der Waals surface area contributed by atoms with Gasteiger partial charge in [0.1, 0.15) is 5.60 Å². The summed E-state index contributed by atoms with van der Waals surface area (Å²) in [4.78, 5) is 20.3. The Bertz CT molecular complexity index is 532. The van der Waals surface area contributed by atoms with Gasteiger partial charge in [-0.25, -0.2) is 15.2 Å². The molecule has 1 N–H and O–H groups in total. The molecule has 0 atom stereocenters. The summed E-state index contributed by atoms with van der Waals surface area (Å²) >= 11 is 5.91. The van der Waals surface area contributed by atoms with Gasteiger partial charge >= 0.3 is 6.09 Å². The van der Waals surface area contributed by atoms with Gasteiger partial charge in [0.2, 0.25) is 5.28 Å². The lowest BCUT2D eigenvalue weighted by molar-refractivity contribution is 0.0518. The normalized spacial score (nSPS) is 11.5. The van der Waals surface area contributed by atoms with E-state index in [1.165, 1.54) is 0 Å². The number of nitrogens with zero attached hydrogens (tertiary/aromatic N) is 3. The topological polar surface area (TPSA) is 76.6 Å². The molecular weight excluding hydrogens is 320 g/mol. The maximum absolute atomic E-state index is 12.1. The number of carbonyl (C=O) groups excluding carboxylic acids is 1. The summed E-state index contributed by atoms with van der Waals surface area (Å²) in [6.07, 6.45) is 1.02. The van der Waals surface area contributed by atoms with Gasteiger partial charge in [-0.3, -0.25) is 5.01 Å². The Labute approximate surface area is 142 Å². The first-order chi connectivity index (χ1) is 10.6. The third-order valence-electron chi connectivity index (χ3n) is 2.54. The number of methoxy groups -OCH3 is 1. The zero-order valence-corrected chi connectivity index (χ0v) is 15.3. The number of hydrogen-bond donors (Lipinski definition) is 1. The number of rotatable bonds is 6. The van der Waals surface area contributed by atoms with Crippen molar-refractivity contribution in [3.8, 4) is 0 Å². The number of nitrogens with one attached hydrogen (secondary N) is 1. The Hall–Kier alpha value is -1.60. The monoisotopic (exact) mass is 344 g/mol. The molecule has 0 saturated carbocycles. The minimum absolute atomic E-state index is 0.0968. The van der Waals surface area contributed by atoms with Gasteiger partial charge in [0.05, 0.1) is 6.61 Å². The van der Waals surface area contributed by atoms with Crippen LogP contribution in [0.3, 0.4) is 0 Å². The predicted octanol–water partition coefficient (Wildman–Crippen LogP) is 3.18. The van der Waals surface area contributed by atoms with Crippen LogP contribution in [-0.2, 0) is 16.1 Å². The van der Waals surface area contributed by atoms with Crippen LogP contribution in [-0.4, -0.2) is 35.3 Å². The second-order valence-corrected chi connectivity index (χ2v) is 6.88. The summed E-state index contributed by atoms with van der Waals surface area (Å²) in [6, 6.07) is 0. The zero-order chi connectivity index (χ0) is 17.6. The molecule has 0 aliphatic carbocycles. The molecular formula is C15H25ClN4O3. The molecule has 23 heavy (non-hydrogen) atoms. The summed E-state index contributed by atoms with van der Waals surface area (Å²) < 4.78 is 10.5. The highest BCUT2D eigenvalue weighted by Crippen LogP contribution is 2.20. The fraction of sp³-hybridized carbons (Fsp3) is 0.667. The molecule has 1 rings (SSSR count). The first-order valence-corrected chi connectivity index (χ1v) is 7.77. The van der Waals surface area contributed by atoms with Crippen LogP contribution in [0.1, 0.15) is 40.2 Å². The van der Waals surface area contributed by atoms with Crippen molar-refractivity contribution in [2.75, 3.05) is 18.7 Å². The highest BCUT2D eigenvalue weighted by molar-refractivity contribution is 6.28. The molecule has 0 unspecified atom stereocenters. The minimum atomic E-state index is -0.591. The Morgan fingerprint density at radius 3 is 2.61 bits per heavy atom. The highest BCUT2D eigenvalue weighted by Gasteiger charge is 2.22. The fourth-order valence-corrected chi connectivity index (χ4v) is 1.96. The van der Waals surface area contributed by atoms with E-state index in [9.17, 15) is 4.79 Å². The van der Waals surface area contributed by atoms with Crippen LogP contribution in [0.5, 0.6) is 0 Å². The zero-order valence-electron chi connectivity index (χ0n) is 14.5. The van der Waals surface area contributed by atoms with E-state index in [1.807, 2.05) is 13.8 Å². The van der Waals surface area contributed by atoms with Crippen molar-refractivity contribution in [3.63, 3.8) is 0 Å². The molecule has 0 fully saturated rings. The quantitative estimate of drug-likeness (QED) is 0.631. The number of anilines is 1. The molecule has 0 aliphatic rings. The van der Waals surface area contributed by atoms with Gasteiger partial charge in [-0.15, -0.1) is 0 Å². The van der Waals surface area contributed by atoms with E-state index in [-0.39, 0.29) is 11.2 Å². The predicted molar refractivity (Wildman–Crippen MR) is 89.3 cm³/mol. The SMILES string of the molecule is COCc1cnc(Cl)nc1N(CC(C)C)NC(=O)OC(C)(C)C. The van der Waals surface area contributed by atoms with Crippen LogP contribution >= 0.6 is 11.6 Å². The molecule has 0 radical (unpaired) electrons. The molecule has 1 aromatic rings. The largest absolute Gasteiger partial charge is 0.443 e. The van der Waals surface area contributed by atoms with E-state index in [0.717, 1.165) is 0 Å². The van der Waals surface area contributed by atoms with Crippen molar-refractivity contribution in [1.82, 2.24) is 15.4 Å². The molecule has 1 amide bonds. The molecule has 130 valence electrons. The number of aromatic nitrogens is 2. The van der Waals surface area contributed by atoms with Gasteiger partial charge in [-0.2, -0.15) is 4.98 Å². The maximum Gasteiger partial charge on any atom is 0.426 e. The van der Waals surface area contributed by atoms with Gasteiger partial charge in [-0.1, -0.05) is 13.8 Å². The van der Waals surface area contributed by atoms with Crippen molar-refractivity contribution >= 4 is 23.5 Å². The number of carbonyl (C=O) groups is 1. The summed E-state index contributed by atoms with van der Waals surface area (Å²) in [7, 11) is 1.58. The van der Waals surface area contributed by atoms with Crippen molar-refractivity contribution in [2.24, 2.45) is 5.92 Å². The number of amides is 1. The van der Waals surface area contributed by atoms with Gasteiger partial charge in [-0.05, 0) is 38.3 Å². The third kappa shape index (κ3) is 7.00. The van der Waals surface area contributed by atoms with Gasteiger partial charge in [0, 0.05) is 25.4 Å². The average molecular weight is 345 g/mol. The van der Waals surface area contributed by atoms with Crippen LogP contribution in [0.15, 0.2) is 6.20 Å². The second kappa shape index (κ2) is 8.31. The fourth-order valence-electron chi connectivity index (χ4n) is 1.83. The molecule has 0 saturated heterocycles. The van der Waals surface area contributed by atoms with E-state index >= 15 is 0 Å². The molecule has 0 aliphatic heterocycles. The summed E-state index contributed by atoms with van der Waals surface area (Å²) in [5.41, 5.74) is 2.84. The van der Waals surface area contributed by atoms with E-state index in [4.69, 9.17) is 21.1 Å². The van der Waals surface area contributed by atoms with E-state index in [2.05, 4.69) is 15.4 Å². The number of hydrazine groups is 1. The Kier molecular flexibility index (Phi) is 7.02. The van der Waals surface area contributed by atoms with Crippen molar-refractivity contribution in [1.29, 1.82) is 0 Å². The number of ether oxygens (including phenoxy) is 2. The van der Waals surface area contributed by atoms with Crippen LogP contribution in [0, 0.1) is 5.92 Å². The van der Waals surface area contributed by atoms with Crippen LogP contribution in [0.4, 0.5) is 10.6 Å². The lowest BCUT2D eigenvalue weighted by Crippen LogP contribution is -2.47. The molecule has 0 bridgehead atoms. The highest BCUT2D eigenvalue weighted by atomic mass is 35.5. The van der Waals surface area contributed by atoms with Gasteiger partial charge in [0.25, 0.3) is 0 Å². The smallest absolute Gasteiger partial charge is 0.426 e.